The number of benzene rings is 2. The SMILES string of the molecule is CN(C(=O)c1cccc(C(=O)N(C)C2CCNC2)c1)c1ccccc1. The highest BCUT2D eigenvalue weighted by molar-refractivity contribution is 6.07. The molecule has 130 valence electrons. The Labute approximate surface area is 148 Å². The molecule has 1 N–H and O–H groups in total. The van der Waals surface area contributed by atoms with E-state index in [1.54, 1.807) is 41.1 Å². The van der Waals surface area contributed by atoms with Gasteiger partial charge in [-0.25, -0.2) is 0 Å². The Balaban J connectivity index is 1.79. The molecular weight excluding hydrogens is 314 g/mol. The number of rotatable bonds is 4. The fourth-order valence-electron chi connectivity index (χ4n) is 3.09. The molecule has 1 unspecified atom stereocenters. The number of nitrogens with one attached hydrogen (secondary N) is 1. The molecule has 1 saturated heterocycles. The fraction of sp³-hybridized carbons (Fsp3) is 0.300. The summed E-state index contributed by atoms with van der Waals surface area (Å²) >= 11 is 0. The molecule has 0 spiro atoms. The zero-order valence-corrected chi connectivity index (χ0v) is 14.6. The second-order valence-corrected chi connectivity index (χ2v) is 6.34. The van der Waals surface area contributed by atoms with E-state index >= 15 is 0 Å². The average Bonchev–Trinajstić information content (AvgIpc) is 3.21. The Morgan fingerprint density at radius 1 is 0.960 bits per heavy atom. The van der Waals surface area contributed by atoms with Gasteiger partial charge >= 0.3 is 0 Å². The zero-order chi connectivity index (χ0) is 17.8. The van der Waals surface area contributed by atoms with Gasteiger partial charge in [-0.1, -0.05) is 24.3 Å². The van der Waals surface area contributed by atoms with Gasteiger partial charge in [0.1, 0.15) is 0 Å². The van der Waals surface area contributed by atoms with Crippen molar-refractivity contribution in [2.24, 2.45) is 0 Å². The molecule has 5 heteroatoms. The van der Waals surface area contributed by atoms with E-state index in [1.807, 2.05) is 37.4 Å². The van der Waals surface area contributed by atoms with Crippen molar-refractivity contribution >= 4 is 17.5 Å². The van der Waals surface area contributed by atoms with Crippen molar-refractivity contribution in [1.29, 1.82) is 0 Å². The first-order chi connectivity index (χ1) is 12.1. The molecule has 3 rings (SSSR count). The summed E-state index contributed by atoms with van der Waals surface area (Å²) in [7, 11) is 3.56. The monoisotopic (exact) mass is 337 g/mol. The molecule has 1 aliphatic rings. The van der Waals surface area contributed by atoms with Crippen molar-refractivity contribution < 1.29 is 9.59 Å². The van der Waals surface area contributed by atoms with E-state index in [-0.39, 0.29) is 17.9 Å². The maximum absolute atomic E-state index is 12.7. The number of para-hydroxylation sites is 1. The van der Waals surface area contributed by atoms with Crippen LogP contribution in [0.15, 0.2) is 54.6 Å². The molecule has 1 atom stereocenters. The summed E-state index contributed by atoms with van der Waals surface area (Å²) in [5.41, 5.74) is 1.87. The zero-order valence-electron chi connectivity index (χ0n) is 14.6. The standard InChI is InChI=1S/C20H23N3O2/c1-22(17-9-4-3-5-10-17)19(24)15-7-6-8-16(13-15)20(25)23(2)18-11-12-21-14-18/h3-10,13,18,21H,11-12,14H2,1-2H3. The van der Waals surface area contributed by atoms with E-state index in [0.717, 1.165) is 25.2 Å². The second-order valence-electron chi connectivity index (χ2n) is 6.34. The van der Waals surface area contributed by atoms with Gasteiger partial charge in [0.2, 0.25) is 0 Å². The Hall–Kier alpha value is -2.66. The molecule has 5 nitrogen and oxygen atoms in total. The number of anilines is 1. The topological polar surface area (TPSA) is 52.7 Å². The highest BCUT2D eigenvalue weighted by atomic mass is 16.2. The first-order valence-corrected chi connectivity index (χ1v) is 8.49. The Kier molecular flexibility index (Phi) is 5.14. The van der Waals surface area contributed by atoms with Gasteiger partial charge in [0.25, 0.3) is 11.8 Å². The van der Waals surface area contributed by atoms with Crippen molar-refractivity contribution in [2.45, 2.75) is 12.5 Å². The van der Waals surface area contributed by atoms with Gasteiger partial charge < -0.3 is 15.1 Å². The molecule has 2 amide bonds. The van der Waals surface area contributed by atoms with Gasteiger partial charge in [-0.2, -0.15) is 0 Å². The van der Waals surface area contributed by atoms with E-state index in [9.17, 15) is 9.59 Å². The van der Waals surface area contributed by atoms with Crippen molar-refractivity contribution in [2.75, 3.05) is 32.1 Å². The second kappa shape index (κ2) is 7.49. The predicted molar refractivity (Wildman–Crippen MR) is 99.0 cm³/mol. The van der Waals surface area contributed by atoms with Crippen LogP contribution >= 0.6 is 0 Å². The molecule has 0 aromatic heterocycles. The normalized spacial score (nSPS) is 16.5. The first kappa shape index (κ1) is 17.2. The highest BCUT2D eigenvalue weighted by Gasteiger charge is 2.24. The van der Waals surface area contributed by atoms with Crippen LogP contribution in [-0.2, 0) is 0 Å². The molecule has 1 aliphatic heterocycles. The lowest BCUT2D eigenvalue weighted by Gasteiger charge is -2.24. The summed E-state index contributed by atoms with van der Waals surface area (Å²) in [5, 5.41) is 3.27. The number of nitrogens with zero attached hydrogens (tertiary/aromatic N) is 2. The minimum absolute atomic E-state index is 0.0503. The Morgan fingerprint density at radius 2 is 1.64 bits per heavy atom. The summed E-state index contributed by atoms with van der Waals surface area (Å²) in [6, 6.07) is 16.6. The summed E-state index contributed by atoms with van der Waals surface area (Å²) in [5.74, 6) is -0.184. The van der Waals surface area contributed by atoms with Crippen LogP contribution < -0.4 is 10.2 Å². The van der Waals surface area contributed by atoms with Crippen LogP contribution in [0, 0.1) is 0 Å². The number of carbonyl (C=O) groups excluding carboxylic acids is 2. The Morgan fingerprint density at radius 3 is 2.28 bits per heavy atom. The van der Waals surface area contributed by atoms with Crippen molar-refractivity contribution in [3.05, 3.63) is 65.7 Å². The molecule has 1 heterocycles. The fourth-order valence-corrected chi connectivity index (χ4v) is 3.09. The van der Waals surface area contributed by atoms with E-state index < -0.39 is 0 Å². The number of hydrogen-bond donors (Lipinski definition) is 1. The largest absolute Gasteiger partial charge is 0.337 e. The molecule has 2 aromatic rings. The van der Waals surface area contributed by atoms with Crippen LogP contribution in [0.4, 0.5) is 5.69 Å². The summed E-state index contributed by atoms with van der Waals surface area (Å²) < 4.78 is 0. The smallest absolute Gasteiger partial charge is 0.258 e. The van der Waals surface area contributed by atoms with Crippen LogP contribution in [0.3, 0.4) is 0 Å². The number of likely N-dealkylation sites (N-methyl/N-ethyl adjacent to an activating group) is 1. The van der Waals surface area contributed by atoms with E-state index in [0.29, 0.717) is 11.1 Å². The van der Waals surface area contributed by atoms with Gasteiger partial charge in [0.15, 0.2) is 0 Å². The first-order valence-electron chi connectivity index (χ1n) is 8.49. The summed E-state index contributed by atoms with van der Waals surface area (Å²) in [4.78, 5) is 28.8. The van der Waals surface area contributed by atoms with Crippen LogP contribution in [-0.4, -0.2) is 49.9 Å². The van der Waals surface area contributed by atoms with Gasteiger partial charge in [-0.05, 0) is 43.3 Å². The van der Waals surface area contributed by atoms with Crippen LogP contribution in [0.2, 0.25) is 0 Å². The van der Waals surface area contributed by atoms with E-state index in [1.165, 1.54) is 0 Å². The van der Waals surface area contributed by atoms with Gasteiger partial charge in [-0.3, -0.25) is 9.59 Å². The van der Waals surface area contributed by atoms with Crippen LogP contribution in [0.25, 0.3) is 0 Å². The van der Waals surface area contributed by atoms with Crippen LogP contribution in [0.1, 0.15) is 27.1 Å². The molecule has 25 heavy (non-hydrogen) atoms. The average molecular weight is 337 g/mol. The van der Waals surface area contributed by atoms with E-state index in [4.69, 9.17) is 0 Å². The molecule has 0 aliphatic carbocycles. The third-order valence-corrected chi connectivity index (χ3v) is 4.71. The predicted octanol–water partition coefficient (Wildman–Crippen LogP) is 2.40. The maximum Gasteiger partial charge on any atom is 0.258 e. The lowest BCUT2D eigenvalue weighted by Crippen LogP contribution is -2.38. The molecule has 2 aromatic carbocycles. The van der Waals surface area contributed by atoms with Crippen LogP contribution in [0.5, 0.6) is 0 Å². The molecule has 0 saturated carbocycles. The van der Waals surface area contributed by atoms with Crippen molar-refractivity contribution in [3.63, 3.8) is 0 Å². The summed E-state index contributed by atoms with van der Waals surface area (Å²) in [6.07, 6.45) is 0.956. The lowest BCUT2D eigenvalue weighted by molar-refractivity contribution is 0.0744. The quantitative estimate of drug-likeness (QED) is 0.932. The molecule has 0 bridgehead atoms. The van der Waals surface area contributed by atoms with Crippen molar-refractivity contribution in [3.8, 4) is 0 Å². The van der Waals surface area contributed by atoms with Gasteiger partial charge in [0, 0.05) is 43.5 Å². The lowest BCUT2D eigenvalue weighted by atomic mass is 10.1. The van der Waals surface area contributed by atoms with Gasteiger partial charge in [0.05, 0.1) is 0 Å². The molecular formula is C20H23N3O2. The Bertz CT molecular complexity index is 755. The maximum atomic E-state index is 12.7. The number of carbonyl (C=O) groups is 2. The molecule has 1 fully saturated rings. The molecule has 0 radical (unpaired) electrons. The summed E-state index contributed by atoms with van der Waals surface area (Å²) in [6.45, 7) is 1.75. The minimum Gasteiger partial charge on any atom is -0.337 e. The number of hydrogen-bond acceptors (Lipinski definition) is 3. The van der Waals surface area contributed by atoms with E-state index in [2.05, 4.69) is 5.32 Å². The van der Waals surface area contributed by atoms with Gasteiger partial charge in [-0.15, -0.1) is 0 Å². The number of amides is 2. The third kappa shape index (κ3) is 3.72. The third-order valence-electron chi connectivity index (χ3n) is 4.71. The van der Waals surface area contributed by atoms with Crippen molar-refractivity contribution in [1.82, 2.24) is 10.2 Å². The minimum atomic E-state index is -0.133. The highest BCUT2D eigenvalue weighted by Crippen LogP contribution is 2.17.